The molecule has 0 atom stereocenters. The standard InChI is InChI=1S/C24H46NO3Si.ClH/c1-7-8-9-10-11-12-13-14-15-16-20-25(2,3)22-23-18-17-19-24(21-23)29(26-4,27-5)28-6;/h17-19,21H,7-16,20,22H2,1-6H3;1H/q+1;/p-1. The zero-order valence-corrected chi connectivity index (χ0v) is 22.1. The van der Waals surface area contributed by atoms with Crippen LogP contribution in [0.2, 0.25) is 0 Å². The molecule has 0 unspecified atom stereocenters. The molecule has 0 amide bonds. The molecule has 1 aromatic rings. The Hall–Kier alpha value is -0.433. The summed E-state index contributed by atoms with van der Waals surface area (Å²) in [5, 5.41) is 1.03. The first-order valence-corrected chi connectivity index (χ1v) is 13.2. The predicted octanol–water partition coefficient (Wildman–Crippen LogP) is 2.27. The normalized spacial score (nSPS) is 12.1. The van der Waals surface area contributed by atoms with E-state index in [2.05, 4.69) is 45.3 Å². The van der Waals surface area contributed by atoms with Crippen LogP contribution in [0.1, 0.15) is 76.7 Å². The van der Waals surface area contributed by atoms with E-state index in [0.29, 0.717) is 0 Å². The van der Waals surface area contributed by atoms with E-state index < -0.39 is 8.80 Å². The van der Waals surface area contributed by atoms with E-state index in [1.54, 1.807) is 21.3 Å². The molecule has 0 spiro atoms. The fourth-order valence-corrected chi connectivity index (χ4v) is 5.93. The molecular formula is C24H46ClNO3Si. The highest BCUT2D eigenvalue weighted by molar-refractivity contribution is 6.75. The van der Waals surface area contributed by atoms with E-state index in [9.17, 15) is 0 Å². The van der Waals surface area contributed by atoms with Crippen molar-refractivity contribution in [3.8, 4) is 0 Å². The van der Waals surface area contributed by atoms with Gasteiger partial charge in [-0.25, -0.2) is 0 Å². The van der Waals surface area contributed by atoms with E-state index in [1.165, 1.54) is 76.3 Å². The van der Waals surface area contributed by atoms with Crippen molar-refractivity contribution in [3.63, 3.8) is 0 Å². The van der Waals surface area contributed by atoms with Crippen LogP contribution in [0.4, 0.5) is 0 Å². The quantitative estimate of drug-likeness (QED) is 0.203. The molecule has 0 radical (unpaired) electrons. The Morgan fingerprint density at radius 3 is 1.77 bits per heavy atom. The lowest BCUT2D eigenvalue weighted by Crippen LogP contribution is -3.00. The van der Waals surface area contributed by atoms with Gasteiger partial charge in [0, 0.05) is 32.1 Å². The molecule has 30 heavy (non-hydrogen) atoms. The Morgan fingerprint density at radius 1 is 0.767 bits per heavy atom. The molecule has 0 heterocycles. The van der Waals surface area contributed by atoms with E-state index in [-0.39, 0.29) is 12.4 Å². The highest BCUT2D eigenvalue weighted by atomic mass is 35.5. The van der Waals surface area contributed by atoms with Gasteiger partial charge in [-0.1, -0.05) is 76.5 Å². The van der Waals surface area contributed by atoms with Crippen molar-refractivity contribution < 1.29 is 30.2 Å². The van der Waals surface area contributed by atoms with Crippen molar-refractivity contribution in [2.45, 2.75) is 77.7 Å². The summed E-state index contributed by atoms with van der Waals surface area (Å²) in [5.41, 5.74) is 1.31. The Morgan fingerprint density at radius 2 is 1.27 bits per heavy atom. The van der Waals surface area contributed by atoms with Crippen LogP contribution in [-0.2, 0) is 19.8 Å². The van der Waals surface area contributed by atoms with Gasteiger partial charge in [0.25, 0.3) is 0 Å². The number of halogens is 1. The summed E-state index contributed by atoms with van der Waals surface area (Å²) in [6.07, 6.45) is 13.9. The molecule has 0 aliphatic heterocycles. The second-order valence-corrected chi connectivity index (χ2v) is 11.8. The van der Waals surface area contributed by atoms with Crippen LogP contribution in [-0.4, -0.2) is 55.3 Å². The van der Waals surface area contributed by atoms with Crippen molar-refractivity contribution in [3.05, 3.63) is 29.8 Å². The monoisotopic (exact) mass is 459 g/mol. The maximum Gasteiger partial charge on any atom is 0.536 e. The lowest BCUT2D eigenvalue weighted by Gasteiger charge is -2.31. The van der Waals surface area contributed by atoms with Gasteiger partial charge in [-0.05, 0) is 18.9 Å². The lowest BCUT2D eigenvalue weighted by atomic mass is 10.1. The van der Waals surface area contributed by atoms with Crippen LogP contribution in [0.25, 0.3) is 0 Å². The zero-order valence-electron chi connectivity index (χ0n) is 20.3. The molecule has 0 N–H and O–H groups in total. The average Bonchev–Trinajstić information content (AvgIpc) is 2.71. The van der Waals surface area contributed by atoms with Gasteiger partial charge in [-0.2, -0.15) is 0 Å². The highest BCUT2D eigenvalue weighted by Crippen LogP contribution is 2.15. The molecule has 4 nitrogen and oxygen atoms in total. The fraction of sp³-hybridized carbons (Fsp3) is 0.750. The second kappa shape index (κ2) is 16.2. The molecule has 0 fully saturated rings. The van der Waals surface area contributed by atoms with E-state index in [1.807, 2.05) is 0 Å². The molecule has 1 rings (SSSR count). The molecular weight excluding hydrogens is 414 g/mol. The molecule has 0 bridgehead atoms. The summed E-state index contributed by atoms with van der Waals surface area (Å²) in [6.45, 7) is 4.50. The molecule has 0 aliphatic carbocycles. The minimum absolute atomic E-state index is 0. The van der Waals surface area contributed by atoms with Crippen molar-refractivity contribution in [2.75, 3.05) is 42.0 Å². The first kappa shape index (κ1) is 29.6. The third-order valence-corrected chi connectivity index (χ3v) is 8.44. The minimum Gasteiger partial charge on any atom is -1.00 e. The van der Waals surface area contributed by atoms with Crippen molar-refractivity contribution in [1.82, 2.24) is 0 Å². The average molecular weight is 460 g/mol. The molecule has 0 saturated heterocycles. The van der Waals surface area contributed by atoms with Gasteiger partial charge in [-0.15, -0.1) is 0 Å². The third-order valence-electron chi connectivity index (χ3n) is 5.81. The summed E-state index contributed by atoms with van der Waals surface area (Å²) in [6, 6.07) is 8.53. The van der Waals surface area contributed by atoms with E-state index >= 15 is 0 Å². The Kier molecular flexibility index (Phi) is 16.0. The van der Waals surface area contributed by atoms with Gasteiger partial charge < -0.3 is 30.2 Å². The summed E-state index contributed by atoms with van der Waals surface area (Å²) < 4.78 is 17.9. The number of benzene rings is 1. The summed E-state index contributed by atoms with van der Waals surface area (Å²) in [7, 11) is 6.88. The Balaban J connectivity index is 0.00000841. The summed E-state index contributed by atoms with van der Waals surface area (Å²) in [4.78, 5) is 0. The molecule has 0 aliphatic rings. The Bertz CT molecular complexity index is 545. The van der Waals surface area contributed by atoms with Crippen LogP contribution in [0.5, 0.6) is 0 Å². The van der Waals surface area contributed by atoms with Gasteiger partial charge in [0.1, 0.15) is 6.54 Å². The molecule has 0 aromatic heterocycles. The molecule has 1 aromatic carbocycles. The van der Waals surface area contributed by atoms with Gasteiger partial charge in [0.2, 0.25) is 0 Å². The van der Waals surface area contributed by atoms with Gasteiger partial charge in [-0.3, -0.25) is 0 Å². The summed E-state index contributed by atoms with van der Waals surface area (Å²) >= 11 is 0. The highest BCUT2D eigenvalue weighted by Gasteiger charge is 2.40. The molecule has 6 heteroatoms. The topological polar surface area (TPSA) is 27.7 Å². The third kappa shape index (κ3) is 10.7. The number of nitrogens with zero attached hydrogens (tertiary/aromatic N) is 1. The van der Waals surface area contributed by atoms with Crippen LogP contribution < -0.4 is 17.6 Å². The second-order valence-electron chi connectivity index (χ2n) is 8.87. The largest absolute Gasteiger partial charge is 1.00 e. The van der Waals surface area contributed by atoms with Crippen LogP contribution in [0, 0.1) is 0 Å². The predicted molar refractivity (Wildman–Crippen MR) is 125 cm³/mol. The number of hydrogen-bond acceptors (Lipinski definition) is 3. The smallest absolute Gasteiger partial charge is 0.536 e. The maximum atomic E-state index is 5.64. The van der Waals surface area contributed by atoms with Gasteiger partial charge in [0.05, 0.1) is 20.6 Å². The summed E-state index contributed by atoms with van der Waals surface area (Å²) in [5.74, 6) is 0. The number of quaternary nitrogens is 1. The van der Waals surface area contributed by atoms with Crippen LogP contribution in [0.3, 0.4) is 0 Å². The van der Waals surface area contributed by atoms with Crippen molar-refractivity contribution in [1.29, 1.82) is 0 Å². The van der Waals surface area contributed by atoms with E-state index in [0.717, 1.165) is 16.2 Å². The number of hydrogen-bond donors (Lipinski definition) is 0. The number of rotatable bonds is 17. The minimum atomic E-state index is -2.76. The van der Waals surface area contributed by atoms with Crippen LogP contribution >= 0.6 is 0 Å². The lowest BCUT2D eigenvalue weighted by molar-refractivity contribution is -0.903. The first-order valence-electron chi connectivity index (χ1n) is 11.5. The number of unbranched alkanes of at least 4 members (excludes halogenated alkanes) is 9. The van der Waals surface area contributed by atoms with Crippen molar-refractivity contribution in [2.24, 2.45) is 0 Å². The Labute approximate surface area is 193 Å². The van der Waals surface area contributed by atoms with Crippen molar-refractivity contribution >= 4 is 14.0 Å². The van der Waals surface area contributed by atoms with Gasteiger partial charge >= 0.3 is 8.80 Å². The SMILES string of the molecule is CCCCCCCCCCCC[N+](C)(C)Cc1cccc([Si](OC)(OC)OC)c1.[Cl-]. The maximum absolute atomic E-state index is 5.64. The molecule has 176 valence electrons. The fourth-order valence-electron chi connectivity index (χ4n) is 4.06. The van der Waals surface area contributed by atoms with E-state index in [4.69, 9.17) is 13.3 Å². The zero-order chi connectivity index (χ0) is 21.6. The van der Waals surface area contributed by atoms with Gasteiger partial charge in [0.15, 0.2) is 0 Å². The first-order chi connectivity index (χ1) is 13.9. The van der Waals surface area contributed by atoms with Crippen LogP contribution in [0.15, 0.2) is 24.3 Å². The molecule has 0 saturated carbocycles.